The zero-order chi connectivity index (χ0) is 16.9. The van der Waals surface area contributed by atoms with Crippen LogP contribution in [0.15, 0.2) is 48.5 Å². The lowest BCUT2D eigenvalue weighted by Crippen LogP contribution is -2.49. The monoisotopic (exact) mass is 328 g/mol. The molecule has 0 saturated carbocycles. The molecule has 1 atom stereocenters. The second kappa shape index (κ2) is 7.45. The number of halogens is 1. The minimum Gasteiger partial charge on any atom is -0.496 e. The highest BCUT2D eigenvalue weighted by molar-refractivity contribution is 5.79. The van der Waals surface area contributed by atoms with E-state index in [0.29, 0.717) is 18.7 Å². The number of nitrogens with zero attached hydrogens (tertiary/aromatic N) is 1. The molecule has 1 aliphatic heterocycles. The van der Waals surface area contributed by atoms with Crippen LogP contribution in [0, 0.1) is 5.82 Å². The minimum atomic E-state index is -0.318. The average molecular weight is 328 g/mol. The summed E-state index contributed by atoms with van der Waals surface area (Å²) >= 11 is 0. The maximum absolute atomic E-state index is 13.3. The molecule has 2 aromatic carbocycles. The lowest BCUT2D eigenvalue weighted by atomic mass is 10.0. The molecule has 1 heterocycles. The van der Waals surface area contributed by atoms with Gasteiger partial charge in [-0.05, 0) is 23.8 Å². The number of hydrogen-bond acceptors (Lipinski definition) is 3. The van der Waals surface area contributed by atoms with Crippen LogP contribution >= 0.6 is 0 Å². The smallest absolute Gasteiger partial charge is 0.227 e. The SMILES string of the molecule is COc1ccccc1C1CNCCN1C(=O)Cc1cccc(F)c1. The second-order valence-corrected chi connectivity index (χ2v) is 5.86. The van der Waals surface area contributed by atoms with Gasteiger partial charge in [0.15, 0.2) is 0 Å². The molecule has 126 valence electrons. The molecule has 0 spiro atoms. The van der Waals surface area contributed by atoms with Crippen LogP contribution in [0.3, 0.4) is 0 Å². The first-order chi connectivity index (χ1) is 11.7. The van der Waals surface area contributed by atoms with E-state index in [1.807, 2.05) is 29.2 Å². The maximum Gasteiger partial charge on any atom is 0.227 e. The van der Waals surface area contributed by atoms with Crippen molar-refractivity contribution >= 4 is 5.91 Å². The summed E-state index contributed by atoms with van der Waals surface area (Å²) in [5, 5.41) is 3.33. The van der Waals surface area contributed by atoms with Crippen LogP contribution in [0.4, 0.5) is 4.39 Å². The predicted octanol–water partition coefficient (Wildman–Crippen LogP) is 2.55. The zero-order valence-corrected chi connectivity index (χ0v) is 13.7. The van der Waals surface area contributed by atoms with Gasteiger partial charge in [0.2, 0.25) is 5.91 Å². The topological polar surface area (TPSA) is 41.6 Å². The van der Waals surface area contributed by atoms with Crippen LogP contribution in [0.5, 0.6) is 5.75 Å². The van der Waals surface area contributed by atoms with E-state index in [0.717, 1.165) is 17.9 Å². The van der Waals surface area contributed by atoms with Crippen LogP contribution < -0.4 is 10.1 Å². The van der Waals surface area contributed by atoms with Gasteiger partial charge in [0.25, 0.3) is 0 Å². The molecule has 1 fully saturated rings. The van der Waals surface area contributed by atoms with Crippen LogP contribution in [-0.2, 0) is 11.2 Å². The van der Waals surface area contributed by atoms with Gasteiger partial charge in [0, 0.05) is 25.2 Å². The third-order valence-corrected chi connectivity index (χ3v) is 4.31. The summed E-state index contributed by atoms with van der Waals surface area (Å²) in [7, 11) is 1.63. The molecule has 2 aromatic rings. The summed E-state index contributed by atoms with van der Waals surface area (Å²) in [5.41, 5.74) is 1.68. The van der Waals surface area contributed by atoms with Crippen molar-refractivity contribution in [1.29, 1.82) is 0 Å². The number of amides is 1. The van der Waals surface area contributed by atoms with Crippen molar-refractivity contribution in [2.75, 3.05) is 26.7 Å². The Kier molecular flexibility index (Phi) is 5.11. The lowest BCUT2D eigenvalue weighted by molar-refractivity contribution is -0.133. The standard InChI is InChI=1S/C19H21FN2O2/c1-24-18-8-3-2-7-16(18)17-13-21-9-10-22(17)19(23)12-14-5-4-6-15(20)11-14/h2-8,11,17,21H,9-10,12-13H2,1H3. The molecule has 1 aliphatic rings. The lowest BCUT2D eigenvalue weighted by Gasteiger charge is -2.37. The Labute approximate surface area is 141 Å². The van der Waals surface area contributed by atoms with Gasteiger partial charge in [0.1, 0.15) is 11.6 Å². The van der Waals surface area contributed by atoms with Crippen LogP contribution in [0.2, 0.25) is 0 Å². The molecule has 0 radical (unpaired) electrons. The van der Waals surface area contributed by atoms with E-state index in [1.54, 1.807) is 19.2 Å². The van der Waals surface area contributed by atoms with Gasteiger partial charge in [0.05, 0.1) is 19.6 Å². The highest BCUT2D eigenvalue weighted by atomic mass is 19.1. The quantitative estimate of drug-likeness (QED) is 0.938. The third-order valence-electron chi connectivity index (χ3n) is 4.31. The van der Waals surface area contributed by atoms with E-state index in [4.69, 9.17) is 4.74 Å². The molecule has 1 N–H and O–H groups in total. The Morgan fingerprint density at radius 1 is 1.29 bits per heavy atom. The number of ether oxygens (including phenoxy) is 1. The molecule has 5 heteroatoms. The van der Waals surface area contributed by atoms with Gasteiger partial charge in [-0.25, -0.2) is 4.39 Å². The molecule has 3 rings (SSSR count). The van der Waals surface area contributed by atoms with Gasteiger partial charge in [-0.2, -0.15) is 0 Å². The summed E-state index contributed by atoms with van der Waals surface area (Å²) in [5.74, 6) is 0.453. The fourth-order valence-corrected chi connectivity index (χ4v) is 3.15. The molecule has 0 aliphatic carbocycles. The van der Waals surface area contributed by atoms with Crippen molar-refractivity contribution in [3.05, 3.63) is 65.5 Å². The summed E-state index contributed by atoms with van der Waals surface area (Å²) in [6, 6.07) is 13.9. The molecule has 1 unspecified atom stereocenters. The molecular weight excluding hydrogens is 307 g/mol. The van der Waals surface area contributed by atoms with Gasteiger partial charge < -0.3 is 15.0 Å². The fraction of sp³-hybridized carbons (Fsp3) is 0.316. The summed E-state index contributed by atoms with van der Waals surface area (Å²) in [4.78, 5) is 14.7. The van der Waals surface area contributed by atoms with Crippen LogP contribution in [0.25, 0.3) is 0 Å². The van der Waals surface area contributed by atoms with Gasteiger partial charge >= 0.3 is 0 Å². The molecular formula is C19H21FN2O2. The predicted molar refractivity (Wildman–Crippen MR) is 90.4 cm³/mol. The number of carbonyl (C=O) groups excluding carboxylic acids is 1. The minimum absolute atomic E-state index is 0.00185. The average Bonchev–Trinajstić information content (AvgIpc) is 2.61. The Morgan fingerprint density at radius 2 is 2.12 bits per heavy atom. The molecule has 0 bridgehead atoms. The van der Waals surface area contributed by atoms with E-state index in [9.17, 15) is 9.18 Å². The number of hydrogen-bond donors (Lipinski definition) is 1. The van der Waals surface area contributed by atoms with E-state index >= 15 is 0 Å². The van der Waals surface area contributed by atoms with Crippen LogP contribution in [0.1, 0.15) is 17.2 Å². The third kappa shape index (κ3) is 3.57. The Morgan fingerprint density at radius 3 is 2.92 bits per heavy atom. The molecule has 1 saturated heterocycles. The summed E-state index contributed by atoms with van der Waals surface area (Å²) in [6.45, 7) is 2.05. The fourth-order valence-electron chi connectivity index (χ4n) is 3.15. The van der Waals surface area contributed by atoms with Gasteiger partial charge in [-0.15, -0.1) is 0 Å². The van der Waals surface area contributed by atoms with Gasteiger partial charge in [-0.3, -0.25) is 4.79 Å². The van der Waals surface area contributed by atoms with Gasteiger partial charge in [-0.1, -0.05) is 30.3 Å². The van der Waals surface area contributed by atoms with E-state index in [2.05, 4.69) is 5.32 Å². The van der Waals surface area contributed by atoms with Crippen molar-refractivity contribution < 1.29 is 13.9 Å². The zero-order valence-electron chi connectivity index (χ0n) is 13.7. The summed E-state index contributed by atoms with van der Waals surface area (Å²) in [6.07, 6.45) is 0.198. The Balaban J connectivity index is 1.82. The van der Waals surface area contributed by atoms with Crippen molar-refractivity contribution in [3.8, 4) is 5.75 Å². The number of nitrogens with one attached hydrogen (secondary N) is 1. The largest absolute Gasteiger partial charge is 0.496 e. The van der Waals surface area contributed by atoms with Crippen molar-refractivity contribution in [3.63, 3.8) is 0 Å². The molecule has 24 heavy (non-hydrogen) atoms. The highest BCUT2D eigenvalue weighted by Gasteiger charge is 2.29. The highest BCUT2D eigenvalue weighted by Crippen LogP contribution is 2.30. The number of para-hydroxylation sites is 1. The Hall–Kier alpha value is -2.40. The van der Waals surface area contributed by atoms with E-state index in [-0.39, 0.29) is 24.2 Å². The summed E-state index contributed by atoms with van der Waals surface area (Å²) < 4.78 is 18.8. The second-order valence-electron chi connectivity index (χ2n) is 5.86. The first-order valence-electron chi connectivity index (χ1n) is 8.06. The molecule has 0 aromatic heterocycles. The normalized spacial score (nSPS) is 17.6. The molecule has 1 amide bonds. The van der Waals surface area contributed by atoms with Crippen molar-refractivity contribution in [2.24, 2.45) is 0 Å². The Bertz CT molecular complexity index is 720. The first kappa shape index (κ1) is 16.5. The van der Waals surface area contributed by atoms with E-state index < -0.39 is 0 Å². The number of benzene rings is 2. The number of piperazine rings is 1. The van der Waals surface area contributed by atoms with Crippen molar-refractivity contribution in [2.45, 2.75) is 12.5 Å². The first-order valence-corrected chi connectivity index (χ1v) is 8.06. The van der Waals surface area contributed by atoms with Crippen molar-refractivity contribution in [1.82, 2.24) is 10.2 Å². The van der Waals surface area contributed by atoms with Crippen LogP contribution in [-0.4, -0.2) is 37.6 Å². The molecule has 4 nitrogen and oxygen atoms in total. The maximum atomic E-state index is 13.3. The number of methoxy groups -OCH3 is 1. The number of rotatable bonds is 4. The van der Waals surface area contributed by atoms with E-state index in [1.165, 1.54) is 12.1 Å². The number of carbonyl (C=O) groups is 1.